The van der Waals surface area contributed by atoms with Crippen LogP contribution in [0.15, 0.2) is 10.5 Å². The third-order valence-electron chi connectivity index (χ3n) is 2.76. The number of aryl methyl sites for hydroxylation is 1. The topological polar surface area (TPSA) is 81.7 Å². The second-order valence-electron chi connectivity index (χ2n) is 4.49. The Kier molecular flexibility index (Phi) is 7.15. The minimum Gasteiger partial charge on any atom is -0.466 e. The molecule has 0 fully saturated rings. The van der Waals surface area contributed by atoms with E-state index < -0.39 is 30.1 Å². The van der Waals surface area contributed by atoms with Crippen LogP contribution in [0.4, 0.5) is 10.1 Å². The van der Waals surface area contributed by atoms with Gasteiger partial charge in [0.2, 0.25) is 5.91 Å². The Labute approximate surface area is 141 Å². The van der Waals surface area contributed by atoms with Gasteiger partial charge in [0.1, 0.15) is 6.42 Å². The first-order chi connectivity index (χ1) is 10.8. The Morgan fingerprint density at radius 1 is 1.22 bits per heavy atom. The van der Waals surface area contributed by atoms with Crippen LogP contribution in [0.25, 0.3) is 0 Å². The number of ether oxygens (including phenoxy) is 2. The Morgan fingerprint density at radius 2 is 1.83 bits per heavy atom. The summed E-state index contributed by atoms with van der Waals surface area (Å²) in [6, 6.07) is 1.39. The van der Waals surface area contributed by atoms with Gasteiger partial charge in [-0.3, -0.25) is 9.59 Å². The van der Waals surface area contributed by atoms with Gasteiger partial charge in [-0.2, -0.15) is 0 Å². The molecule has 8 heteroatoms. The molecular weight excluding hydrogens is 373 g/mol. The number of halogens is 2. The molecule has 0 atom stereocenters. The minimum absolute atomic E-state index is 0.103. The van der Waals surface area contributed by atoms with Crippen molar-refractivity contribution in [3.63, 3.8) is 0 Å². The van der Waals surface area contributed by atoms with Crippen molar-refractivity contribution >= 4 is 39.5 Å². The molecule has 1 rings (SSSR count). The number of nitrogens with one attached hydrogen (secondary N) is 1. The molecule has 0 aliphatic heterocycles. The molecule has 0 bridgehead atoms. The van der Waals surface area contributed by atoms with Crippen LogP contribution < -0.4 is 5.32 Å². The van der Waals surface area contributed by atoms with Crippen molar-refractivity contribution in [2.75, 3.05) is 18.5 Å². The molecule has 0 aliphatic carbocycles. The lowest BCUT2D eigenvalue weighted by molar-refractivity contribution is -0.145. The van der Waals surface area contributed by atoms with E-state index in [4.69, 9.17) is 4.74 Å². The largest absolute Gasteiger partial charge is 0.466 e. The molecule has 1 amide bonds. The lowest BCUT2D eigenvalue weighted by Gasteiger charge is -2.14. The highest BCUT2D eigenvalue weighted by Crippen LogP contribution is 2.31. The number of rotatable bonds is 6. The number of carbonyl (C=O) groups is 3. The van der Waals surface area contributed by atoms with Crippen LogP contribution in [-0.2, 0) is 19.1 Å². The van der Waals surface area contributed by atoms with Crippen LogP contribution in [0.1, 0.15) is 36.2 Å². The van der Waals surface area contributed by atoms with Gasteiger partial charge < -0.3 is 14.8 Å². The van der Waals surface area contributed by atoms with Gasteiger partial charge in [0, 0.05) is 0 Å². The quantitative estimate of drug-likeness (QED) is 0.597. The van der Waals surface area contributed by atoms with E-state index in [-0.39, 0.29) is 28.9 Å². The summed E-state index contributed by atoms with van der Waals surface area (Å²) in [6.45, 7) is 5.04. The normalized spacial score (nSPS) is 10.1. The highest BCUT2D eigenvalue weighted by molar-refractivity contribution is 9.10. The van der Waals surface area contributed by atoms with E-state index in [9.17, 15) is 18.8 Å². The number of anilines is 1. The van der Waals surface area contributed by atoms with Gasteiger partial charge in [0.25, 0.3) is 0 Å². The lowest BCUT2D eigenvalue weighted by Crippen LogP contribution is -2.21. The van der Waals surface area contributed by atoms with Crippen molar-refractivity contribution in [1.29, 1.82) is 0 Å². The molecule has 6 nitrogen and oxygen atoms in total. The number of esters is 2. The summed E-state index contributed by atoms with van der Waals surface area (Å²) >= 11 is 3.05. The van der Waals surface area contributed by atoms with Gasteiger partial charge in [-0.05, 0) is 48.3 Å². The molecule has 23 heavy (non-hydrogen) atoms. The summed E-state index contributed by atoms with van der Waals surface area (Å²) in [6.07, 6.45) is -0.582. The summed E-state index contributed by atoms with van der Waals surface area (Å²) in [5.41, 5.74) is 0.00595. The van der Waals surface area contributed by atoms with Crippen LogP contribution in [0.5, 0.6) is 0 Å². The zero-order valence-corrected chi connectivity index (χ0v) is 14.6. The second-order valence-corrected chi connectivity index (χ2v) is 5.29. The highest BCUT2D eigenvalue weighted by Gasteiger charge is 2.23. The molecule has 1 aromatic carbocycles. The molecule has 0 aromatic heterocycles. The van der Waals surface area contributed by atoms with E-state index in [1.165, 1.54) is 6.07 Å². The zero-order chi connectivity index (χ0) is 17.6. The molecule has 0 saturated heterocycles. The van der Waals surface area contributed by atoms with Crippen LogP contribution >= 0.6 is 15.9 Å². The van der Waals surface area contributed by atoms with Crippen LogP contribution in [-0.4, -0.2) is 31.1 Å². The first-order valence-corrected chi connectivity index (χ1v) is 7.72. The fourth-order valence-electron chi connectivity index (χ4n) is 1.77. The molecule has 1 N–H and O–H groups in total. The van der Waals surface area contributed by atoms with Crippen molar-refractivity contribution < 1.29 is 28.2 Å². The summed E-state index contributed by atoms with van der Waals surface area (Å²) in [5, 5.41) is 2.23. The molecule has 126 valence electrons. The van der Waals surface area contributed by atoms with Crippen LogP contribution in [0, 0.1) is 12.7 Å². The Balaban J connectivity index is 3.13. The standard InChI is InChI=1S/C15H17BrFNO5/c1-4-22-11(20)7-10(19)18-14-9(15(21)23-5-2)6-8(3)12(16)13(14)17/h6H,4-5,7H2,1-3H3,(H,18,19). The van der Waals surface area contributed by atoms with Crippen LogP contribution in [0.2, 0.25) is 0 Å². The second kappa shape index (κ2) is 8.61. The molecule has 0 unspecified atom stereocenters. The van der Waals surface area contributed by atoms with E-state index in [2.05, 4.69) is 26.0 Å². The monoisotopic (exact) mass is 389 g/mol. The van der Waals surface area contributed by atoms with Crippen molar-refractivity contribution in [3.8, 4) is 0 Å². The maximum Gasteiger partial charge on any atom is 0.340 e. The molecule has 0 radical (unpaired) electrons. The van der Waals surface area contributed by atoms with Gasteiger partial charge in [0.15, 0.2) is 5.82 Å². The smallest absolute Gasteiger partial charge is 0.340 e. The Morgan fingerprint density at radius 3 is 2.39 bits per heavy atom. The average Bonchev–Trinajstić information content (AvgIpc) is 2.48. The first-order valence-electron chi connectivity index (χ1n) is 6.92. The summed E-state index contributed by atoms with van der Waals surface area (Å²) < 4.78 is 24.0. The van der Waals surface area contributed by atoms with Crippen molar-refractivity contribution in [3.05, 3.63) is 27.5 Å². The lowest BCUT2D eigenvalue weighted by atomic mass is 10.1. The molecular formula is C15H17BrFNO5. The maximum atomic E-state index is 14.4. The number of hydrogen-bond donors (Lipinski definition) is 1. The minimum atomic E-state index is -0.815. The number of amides is 1. The molecule has 0 aliphatic rings. The maximum absolute atomic E-state index is 14.4. The molecule has 0 saturated carbocycles. The fourth-order valence-corrected chi connectivity index (χ4v) is 2.08. The fraction of sp³-hybridized carbons (Fsp3) is 0.400. The number of benzene rings is 1. The third-order valence-corrected chi connectivity index (χ3v) is 3.73. The van der Waals surface area contributed by atoms with Gasteiger partial charge >= 0.3 is 11.9 Å². The molecule has 0 spiro atoms. The molecule has 1 aromatic rings. The van der Waals surface area contributed by atoms with Crippen LogP contribution in [0.3, 0.4) is 0 Å². The zero-order valence-electron chi connectivity index (χ0n) is 13.0. The number of hydrogen-bond acceptors (Lipinski definition) is 5. The Hall–Kier alpha value is -1.96. The van der Waals surface area contributed by atoms with Gasteiger partial charge in [-0.25, -0.2) is 9.18 Å². The van der Waals surface area contributed by atoms with Crippen molar-refractivity contribution in [1.82, 2.24) is 0 Å². The first kappa shape index (κ1) is 19.1. The number of carbonyl (C=O) groups excluding carboxylic acids is 3. The third kappa shape index (κ3) is 5.02. The van der Waals surface area contributed by atoms with E-state index >= 15 is 0 Å². The van der Waals surface area contributed by atoms with Gasteiger partial charge in [-0.15, -0.1) is 0 Å². The Bertz CT molecular complexity index is 633. The van der Waals surface area contributed by atoms with E-state index in [0.29, 0.717) is 5.56 Å². The van der Waals surface area contributed by atoms with Gasteiger partial charge in [-0.1, -0.05) is 0 Å². The predicted octanol–water partition coefficient (Wildman–Crippen LogP) is 2.97. The highest BCUT2D eigenvalue weighted by atomic mass is 79.9. The van der Waals surface area contributed by atoms with Crippen molar-refractivity contribution in [2.45, 2.75) is 27.2 Å². The summed E-state index contributed by atoms with van der Waals surface area (Å²) in [7, 11) is 0. The van der Waals surface area contributed by atoms with E-state index in [1.54, 1.807) is 20.8 Å². The van der Waals surface area contributed by atoms with E-state index in [0.717, 1.165) is 0 Å². The summed E-state index contributed by atoms with van der Waals surface area (Å²) in [4.78, 5) is 35.1. The molecule has 0 heterocycles. The average molecular weight is 390 g/mol. The predicted molar refractivity (Wildman–Crippen MR) is 84.7 cm³/mol. The summed E-state index contributed by atoms with van der Waals surface area (Å²) in [5.74, 6) is -3.11. The SMILES string of the molecule is CCOC(=O)CC(=O)Nc1c(C(=O)OCC)cc(C)c(Br)c1F. The van der Waals surface area contributed by atoms with E-state index in [1.807, 2.05) is 0 Å². The van der Waals surface area contributed by atoms with Gasteiger partial charge in [0.05, 0.1) is 28.9 Å². The van der Waals surface area contributed by atoms with Crippen molar-refractivity contribution in [2.24, 2.45) is 0 Å².